The second-order valence-corrected chi connectivity index (χ2v) is 10.5. The fourth-order valence-corrected chi connectivity index (χ4v) is 5.91. The van der Waals surface area contributed by atoms with Crippen molar-refractivity contribution >= 4 is 46.5 Å². The Kier molecular flexibility index (Phi) is 8.86. The molecule has 0 unspecified atom stereocenters. The molecule has 0 bridgehead atoms. The Morgan fingerprint density at radius 3 is 2.54 bits per heavy atom. The lowest BCUT2D eigenvalue weighted by Gasteiger charge is -2.29. The Morgan fingerprint density at radius 2 is 1.92 bits per heavy atom. The number of allylic oxidation sites excluding steroid dienone is 1. The molecule has 0 aliphatic carbocycles. The van der Waals surface area contributed by atoms with Crippen LogP contribution in [0.5, 0.6) is 11.5 Å². The van der Waals surface area contributed by atoms with Crippen LogP contribution in [0.1, 0.15) is 37.9 Å². The maximum atomic E-state index is 13.9. The average Bonchev–Trinajstić information content (AvgIpc) is 3.22. The first-order valence-corrected chi connectivity index (χ1v) is 13.8. The predicted octanol–water partition coefficient (Wildman–Crippen LogP) is 4.43. The molecule has 10 heteroatoms. The van der Waals surface area contributed by atoms with E-state index in [9.17, 15) is 9.59 Å². The zero-order chi connectivity index (χ0) is 28.3. The second kappa shape index (κ2) is 12.1. The maximum absolute atomic E-state index is 13.9. The van der Waals surface area contributed by atoms with Crippen LogP contribution in [0.25, 0.3) is 6.08 Å². The van der Waals surface area contributed by atoms with Gasteiger partial charge >= 0.3 is 0 Å². The minimum Gasteiger partial charge on any atom is -0.493 e. The number of carbonyl (C=O) groups excluding carboxylic acids is 1. The van der Waals surface area contributed by atoms with Crippen LogP contribution < -0.4 is 24.4 Å². The summed E-state index contributed by atoms with van der Waals surface area (Å²) in [5.41, 5.74) is 2.14. The average molecular weight is 585 g/mol. The number of carbonyl (C=O) groups is 1. The van der Waals surface area contributed by atoms with Gasteiger partial charge in [-0.05, 0) is 62.2 Å². The van der Waals surface area contributed by atoms with Crippen LogP contribution in [-0.4, -0.2) is 42.2 Å². The molecule has 2 heterocycles. The molecule has 1 amide bonds. The van der Waals surface area contributed by atoms with Crippen LogP contribution >= 0.6 is 34.5 Å². The monoisotopic (exact) mass is 583 g/mol. The Bertz CT molecular complexity index is 1660. The second-order valence-electron chi connectivity index (χ2n) is 8.64. The van der Waals surface area contributed by atoms with E-state index in [1.165, 1.54) is 18.4 Å². The van der Waals surface area contributed by atoms with Crippen LogP contribution in [0, 0.1) is 12.3 Å². The molecule has 0 N–H and O–H groups in total. The van der Waals surface area contributed by atoms with E-state index in [1.807, 2.05) is 26.0 Å². The molecule has 1 aromatic heterocycles. The first-order valence-electron chi connectivity index (χ1n) is 12.2. The minimum atomic E-state index is -0.661. The number of halogens is 2. The van der Waals surface area contributed by atoms with Crippen molar-refractivity contribution in [1.29, 1.82) is 0 Å². The number of nitrogens with zero attached hydrogens (tertiary/aromatic N) is 3. The Balaban J connectivity index is 1.91. The Morgan fingerprint density at radius 1 is 1.23 bits per heavy atom. The van der Waals surface area contributed by atoms with Gasteiger partial charge in [0, 0.05) is 18.1 Å². The molecular weight excluding hydrogens is 557 g/mol. The highest BCUT2D eigenvalue weighted by atomic mass is 35.5. The van der Waals surface area contributed by atoms with E-state index in [4.69, 9.17) is 44.1 Å². The van der Waals surface area contributed by atoms with Gasteiger partial charge in [0.05, 0.1) is 34.0 Å². The number of likely N-dealkylation sites (N-methyl/N-ethyl adjacent to an activating group) is 1. The summed E-state index contributed by atoms with van der Waals surface area (Å²) < 4.78 is 13.0. The van der Waals surface area contributed by atoms with E-state index >= 15 is 0 Å². The van der Waals surface area contributed by atoms with Gasteiger partial charge < -0.3 is 14.4 Å². The lowest BCUT2D eigenvalue weighted by Crippen LogP contribution is -2.43. The highest BCUT2D eigenvalue weighted by Crippen LogP contribution is 2.37. The number of aromatic nitrogens is 1. The Hall–Kier alpha value is -3.51. The van der Waals surface area contributed by atoms with Gasteiger partial charge in [-0.2, -0.15) is 0 Å². The van der Waals surface area contributed by atoms with E-state index in [0.717, 1.165) is 5.56 Å². The predicted molar refractivity (Wildman–Crippen MR) is 155 cm³/mol. The minimum absolute atomic E-state index is 0.0343. The summed E-state index contributed by atoms with van der Waals surface area (Å²) >= 11 is 13.8. The summed E-state index contributed by atoms with van der Waals surface area (Å²) in [4.78, 5) is 34.5. The molecule has 1 aliphatic rings. The van der Waals surface area contributed by atoms with Gasteiger partial charge in [0.1, 0.15) is 6.61 Å². The van der Waals surface area contributed by atoms with E-state index in [1.54, 1.807) is 46.7 Å². The normalized spacial score (nSPS) is 14.9. The van der Waals surface area contributed by atoms with Crippen molar-refractivity contribution in [2.75, 3.05) is 26.8 Å². The van der Waals surface area contributed by atoms with Crippen LogP contribution in [0.2, 0.25) is 10.0 Å². The summed E-state index contributed by atoms with van der Waals surface area (Å²) in [5, 5.41) is 0.856. The lowest BCUT2D eigenvalue weighted by molar-refractivity contribution is -0.127. The quantitative estimate of drug-likeness (QED) is 0.368. The first-order chi connectivity index (χ1) is 18.7. The van der Waals surface area contributed by atoms with E-state index < -0.39 is 6.04 Å². The first kappa shape index (κ1) is 28.5. The summed E-state index contributed by atoms with van der Waals surface area (Å²) in [5.74, 6) is 2.96. The van der Waals surface area contributed by atoms with Crippen LogP contribution in [0.4, 0.5) is 0 Å². The topological polar surface area (TPSA) is 73.1 Å². The van der Waals surface area contributed by atoms with Crippen molar-refractivity contribution in [3.8, 4) is 23.8 Å². The van der Waals surface area contributed by atoms with Crippen molar-refractivity contribution < 1.29 is 14.3 Å². The lowest BCUT2D eigenvalue weighted by atomic mass is 9.94. The SMILES string of the molecule is C#CCOc1c(Cl)cc(/C=c2/sc3n(c2=O)[C@@H](c2ccc(Cl)cc2)C(C(=O)N(CC)CC)=C(C)N=3)cc1OC. The molecule has 1 aliphatic heterocycles. The fourth-order valence-electron chi connectivity index (χ4n) is 4.47. The van der Waals surface area contributed by atoms with Gasteiger partial charge in [0.15, 0.2) is 16.3 Å². The Labute approximate surface area is 240 Å². The highest BCUT2D eigenvalue weighted by molar-refractivity contribution is 7.07. The van der Waals surface area contributed by atoms with Crippen molar-refractivity contribution in [3.05, 3.63) is 88.5 Å². The molecule has 0 saturated carbocycles. The fraction of sp³-hybridized carbons (Fsp3) is 0.276. The van der Waals surface area contributed by atoms with Gasteiger partial charge in [0.2, 0.25) is 0 Å². The van der Waals surface area contributed by atoms with E-state index in [2.05, 4.69) is 5.92 Å². The molecule has 4 rings (SSSR count). The molecule has 2 aromatic carbocycles. The van der Waals surface area contributed by atoms with Crippen molar-refractivity contribution in [1.82, 2.24) is 9.47 Å². The zero-order valence-electron chi connectivity index (χ0n) is 22.0. The van der Waals surface area contributed by atoms with Crippen LogP contribution in [-0.2, 0) is 4.79 Å². The molecule has 3 aromatic rings. The number of benzene rings is 2. The standard InChI is InChI=1S/C29H27Cl2N3O4S/c1-6-13-38-26-21(31)14-18(15-22(26)37-5)16-23-27(35)34-25(19-9-11-20(30)12-10-19)24(17(4)32-29(34)39-23)28(36)33(7-2)8-3/h1,9-12,14-16,25H,7-8,13H2,2-5H3/b23-16+/t25-/m0/s1. The molecule has 0 radical (unpaired) electrons. The van der Waals surface area contributed by atoms with E-state index in [0.29, 0.717) is 60.8 Å². The molecule has 0 fully saturated rings. The van der Waals surface area contributed by atoms with E-state index in [-0.39, 0.29) is 18.1 Å². The van der Waals surface area contributed by atoms with Crippen LogP contribution in [0.3, 0.4) is 0 Å². The smallest absolute Gasteiger partial charge is 0.271 e. The van der Waals surface area contributed by atoms with Crippen molar-refractivity contribution in [2.45, 2.75) is 26.8 Å². The number of terminal acetylenes is 1. The number of ether oxygens (including phenoxy) is 2. The van der Waals surface area contributed by atoms with Gasteiger partial charge in [-0.25, -0.2) is 4.99 Å². The maximum Gasteiger partial charge on any atom is 0.271 e. The molecule has 0 spiro atoms. The zero-order valence-corrected chi connectivity index (χ0v) is 24.3. The number of methoxy groups -OCH3 is 1. The van der Waals surface area contributed by atoms with Gasteiger partial charge in [-0.1, -0.05) is 52.6 Å². The third-order valence-electron chi connectivity index (χ3n) is 6.34. The van der Waals surface area contributed by atoms with Crippen molar-refractivity contribution in [2.24, 2.45) is 4.99 Å². The molecule has 7 nitrogen and oxygen atoms in total. The van der Waals surface area contributed by atoms with Gasteiger partial charge in [0.25, 0.3) is 11.5 Å². The molecule has 0 saturated heterocycles. The number of amides is 1. The summed E-state index contributed by atoms with van der Waals surface area (Å²) in [7, 11) is 1.50. The summed E-state index contributed by atoms with van der Waals surface area (Å²) in [6.07, 6.45) is 7.02. The molecule has 1 atom stereocenters. The van der Waals surface area contributed by atoms with Crippen molar-refractivity contribution in [3.63, 3.8) is 0 Å². The summed E-state index contributed by atoms with van der Waals surface area (Å²) in [6, 6.07) is 9.89. The van der Waals surface area contributed by atoms with Gasteiger partial charge in [-0.15, -0.1) is 6.42 Å². The number of fused-ring (bicyclic) bond motifs is 1. The molecular formula is C29H27Cl2N3O4S. The number of hydrogen-bond donors (Lipinski definition) is 0. The highest BCUT2D eigenvalue weighted by Gasteiger charge is 2.34. The van der Waals surface area contributed by atoms with Gasteiger partial charge in [-0.3, -0.25) is 14.2 Å². The number of thiazole rings is 1. The summed E-state index contributed by atoms with van der Waals surface area (Å²) in [6.45, 7) is 6.75. The molecule has 202 valence electrons. The van der Waals surface area contributed by atoms with Crippen LogP contribution in [0.15, 0.2) is 57.5 Å². The number of hydrogen-bond acceptors (Lipinski definition) is 6. The largest absolute Gasteiger partial charge is 0.493 e. The third-order valence-corrected chi connectivity index (χ3v) is 7.85. The molecule has 39 heavy (non-hydrogen) atoms. The third kappa shape index (κ3) is 5.62. The number of rotatable bonds is 8.